The van der Waals surface area contributed by atoms with E-state index in [2.05, 4.69) is 5.32 Å². The fourth-order valence-corrected chi connectivity index (χ4v) is 4.70. The summed E-state index contributed by atoms with van der Waals surface area (Å²) in [5, 5.41) is 3.19. The second kappa shape index (κ2) is 11.3. The maximum atomic E-state index is 13.8. The minimum Gasteiger partial charge on any atom is -0.493 e. The van der Waals surface area contributed by atoms with E-state index in [0.29, 0.717) is 39.2 Å². The van der Waals surface area contributed by atoms with Crippen molar-refractivity contribution in [1.29, 1.82) is 0 Å². The van der Waals surface area contributed by atoms with Gasteiger partial charge in [0.1, 0.15) is 0 Å². The zero-order chi connectivity index (χ0) is 28.2. The molecular formula is C32H29N3O5. The SMILES string of the molecule is COc1cc2c(=O)n(Cc3ccc(C(=O)Nc4ccccc4)cc3)c(=O)n(Cc3cccc(C)c3)c2cc1OC. The van der Waals surface area contributed by atoms with E-state index in [1.807, 2.05) is 61.5 Å². The van der Waals surface area contributed by atoms with Crippen LogP contribution in [0, 0.1) is 6.92 Å². The Morgan fingerprint density at radius 2 is 1.43 bits per heavy atom. The fourth-order valence-electron chi connectivity index (χ4n) is 4.70. The minimum absolute atomic E-state index is 0.0380. The van der Waals surface area contributed by atoms with Crippen LogP contribution in [0.2, 0.25) is 0 Å². The fraction of sp³-hybridized carbons (Fsp3) is 0.156. The van der Waals surface area contributed by atoms with Gasteiger partial charge in [-0.15, -0.1) is 0 Å². The van der Waals surface area contributed by atoms with E-state index in [-0.39, 0.29) is 19.0 Å². The predicted molar refractivity (Wildman–Crippen MR) is 156 cm³/mol. The summed E-state index contributed by atoms with van der Waals surface area (Å²) in [5.41, 5.74) is 3.43. The number of carbonyl (C=O) groups is 1. The van der Waals surface area contributed by atoms with Crippen LogP contribution in [-0.4, -0.2) is 29.3 Å². The molecule has 5 aromatic rings. The molecule has 0 fully saturated rings. The Labute approximate surface area is 231 Å². The maximum absolute atomic E-state index is 13.8. The van der Waals surface area contributed by atoms with E-state index >= 15 is 0 Å². The molecule has 1 heterocycles. The van der Waals surface area contributed by atoms with Crippen molar-refractivity contribution in [2.24, 2.45) is 0 Å². The summed E-state index contributed by atoms with van der Waals surface area (Å²) in [6.45, 7) is 2.30. The Morgan fingerprint density at radius 1 is 0.750 bits per heavy atom. The van der Waals surface area contributed by atoms with Gasteiger partial charge in [0.2, 0.25) is 0 Å². The highest BCUT2D eigenvalue weighted by atomic mass is 16.5. The van der Waals surface area contributed by atoms with Crippen molar-refractivity contribution in [3.8, 4) is 11.5 Å². The molecule has 4 aromatic carbocycles. The number of fused-ring (bicyclic) bond motifs is 1. The van der Waals surface area contributed by atoms with Crippen LogP contribution in [0.5, 0.6) is 11.5 Å². The first kappa shape index (κ1) is 26.5. The number of rotatable bonds is 8. The van der Waals surface area contributed by atoms with Crippen molar-refractivity contribution in [3.05, 3.63) is 134 Å². The number of aryl methyl sites for hydroxylation is 1. The van der Waals surface area contributed by atoms with Crippen molar-refractivity contribution in [3.63, 3.8) is 0 Å². The van der Waals surface area contributed by atoms with Crippen molar-refractivity contribution < 1.29 is 14.3 Å². The maximum Gasteiger partial charge on any atom is 0.332 e. The molecule has 0 aliphatic rings. The van der Waals surface area contributed by atoms with Gasteiger partial charge >= 0.3 is 5.69 Å². The zero-order valence-electron chi connectivity index (χ0n) is 22.5. The molecule has 5 rings (SSSR count). The number of nitrogens with one attached hydrogen (secondary N) is 1. The first-order valence-corrected chi connectivity index (χ1v) is 12.8. The molecule has 0 atom stereocenters. The second-order valence-corrected chi connectivity index (χ2v) is 9.49. The standard InChI is InChI=1S/C32H29N3O5/c1-21-8-7-9-23(16-21)20-34-27-18-29(40-3)28(39-2)17-26(27)31(37)35(32(34)38)19-22-12-14-24(15-13-22)30(36)33-25-10-5-4-6-11-25/h4-18H,19-20H2,1-3H3,(H,33,36). The summed E-state index contributed by atoms with van der Waals surface area (Å²) in [6.07, 6.45) is 0. The molecule has 40 heavy (non-hydrogen) atoms. The lowest BCUT2D eigenvalue weighted by Crippen LogP contribution is -2.40. The Hall–Kier alpha value is -5.11. The highest BCUT2D eigenvalue weighted by molar-refractivity contribution is 6.04. The number of amides is 1. The number of para-hydroxylation sites is 1. The summed E-state index contributed by atoms with van der Waals surface area (Å²) in [6, 6.07) is 27.2. The molecule has 0 unspecified atom stereocenters. The van der Waals surface area contributed by atoms with Crippen molar-refractivity contribution in [1.82, 2.24) is 9.13 Å². The number of nitrogens with zero attached hydrogens (tertiary/aromatic N) is 2. The molecule has 1 aromatic heterocycles. The molecule has 202 valence electrons. The van der Waals surface area contributed by atoms with Crippen LogP contribution >= 0.6 is 0 Å². The van der Waals surface area contributed by atoms with E-state index in [9.17, 15) is 14.4 Å². The summed E-state index contributed by atoms with van der Waals surface area (Å²) in [7, 11) is 3.01. The highest BCUT2D eigenvalue weighted by Gasteiger charge is 2.18. The number of aromatic nitrogens is 2. The molecule has 0 spiro atoms. The van der Waals surface area contributed by atoms with Gasteiger partial charge in [-0.3, -0.25) is 18.7 Å². The van der Waals surface area contributed by atoms with E-state index < -0.39 is 11.2 Å². The van der Waals surface area contributed by atoms with Crippen LogP contribution in [0.25, 0.3) is 10.9 Å². The summed E-state index contributed by atoms with van der Waals surface area (Å²) in [4.78, 5) is 40.1. The van der Waals surface area contributed by atoms with Gasteiger partial charge in [-0.2, -0.15) is 0 Å². The number of hydrogen-bond acceptors (Lipinski definition) is 5. The Morgan fingerprint density at radius 3 is 2.10 bits per heavy atom. The van der Waals surface area contributed by atoms with E-state index in [1.165, 1.54) is 18.8 Å². The molecule has 0 aliphatic heterocycles. The van der Waals surface area contributed by atoms with Gasteiger partial charge in [-0.05, 0) is 48.4 Å². The minimum atomic E-state index is -0.447. The Kier molecular flexibility index (Phi) is 7.50. The van der Waals surface area contributed by atoms with E-state index in [0.717, 1.165) is 11.1 Å². The second-order valence-electron chi connectivity index (χ2n) is 9.49. The van der Waals surface area contributed by atoms with Gasteiger partial charge in [-0.1, -0.05) is 60.2 Å². The molecule has 0 bridgehead atoms. The summed E-state index contributed by atoms with van der Waals surface area (Å²) in [5.74, 6) is 0.573. The lowest BCUT2D eigenvalue weighted by Gasteiger charge is -2.17. The smallest absolute Gasteiger partial charge is 0.332 e. The van der Waals surface area contributed by atoms with Crippen LogP contribution in [0.15, 0.2) is 101 Å². The van der Waals surface area contributed by atoms with Crippen molar-refractivity contribution >= 4 is 22.5 Å². The molecule has 8 heteroatoms. The zero-order valence-corrected chi connectivity index (χ0v) is 22.5. The molecule has 0 saturated carbocycles. The molecule has 0 aliphatic carbocycles. The Balaban J connectivity index is 1.55. The molecule has 1 N–H and O–H groups in total. The van der Waals surface area contributed by atoms with E-state index in [4.69, 9.17) is 9.47 Å². The molecule has 8 nitrogen and oxygen atoms in total. The number of hydrogen-bond donors (Lipinski definition) is 1. The Bertz CT molecular complexity index is 1810. The van der Waals surface area contributed by atoms with Crippen LogP contribution in [0.4, 0.5) is 5.69 Å². The van der Waals surface area contributed by atoms with Crippen molar-refractivity contribution in [2.45, 2.75) is 20.0 Å². The van der Waals surface area contributed by atoms with Crippen LogP contribution < -0.4 is 26.0 Å². The van der Waals surface area contributed by atoms with Gasteiger partial charge in [0, 0.05) is 17.3 Å². The largest absolute Gasteiger partial charge is 0.493 e. The third kappa shape index (κ3) is 5.37. The van der Waals surface area contributed by atoms with Gasteiger partial charge in [0.15, 0.2) is 11.5 Å². The van der Waals surface area contributed by atoms with Gasteiger partial charge in [0.05, 0.1) is 38.2 Å². The topological polar surface area (TPSA) is 91.6 Å². The average Bonchev–Trinajstić information content (AvgIpc) is 2.97. The number of methoxy groups -OCH3 is 2. The lowest BCUT2D eigenvalue weighted by atomic mass is 10.1. The average molecular weight is 536 g/mol. The van der Waals surface area contributed by atoms with Crippen LogP contribution in [0.1, 0.15) is 27.0 Å². The van der Waals surface area contributed by atoms with E-state index in [1.54, 1.807) is 41.0 Å². The lowest BCUT2D eigenvalue weighted by molar-refractivity contribution is 0.102. The summed E-state index contributed by atoms with van der Waals surface area (Å²) >= 11 is 0. The number of benzene rings is 4. The van der Waals surface area contributed by atoms with Crippen LogP contribution in [-0.2, 0) is 13.1 Å². The predicted octanol–water partition coefficient (Wildman–Crippen LogP) is 4.84. The van der Waals surface area contributed by atoms with Gasteiger partial charge in [-0.25, -0.2) is 4.79 Å². The van der Waals surface area contributed by atoms with Crippen molar-refractivity contribution in [2.75, 3.05) is 19.5 Å². The van der Waals surface area contributed by atoms with Gasteiger partial charge in [0.25, 0.3) is 11.5 Å². The number of anilines is 1. The van der Waals surface area contributed by atoms with Gasteiger partial charge < -0.3 is 14.8 Å². The molecular weight excluding hydrogens is 506 g/mol. The van der Waals surface area contributed by atoms with Crippen LogP contribution in [0.3, 0.4) is 0 Å². The highest BCUT2D eigenvalue weighted by Crippen LogP contribution is 2.30. The number of ether oxygens (including phenoxy) is 2. The molecule has 0 saturated heterocycles. The number of carbonyl (C=O) groups excluding carboxylic acids is 1. The summed E-state index contributed by atoms with van der Waals surface area (Å²) < 4.78 is 13.7. The third-order valence-electron chi connectivity index (χ3n) is 6.74. The normalized spacial score (nSPS) is 10.9. The first-order valence-electron chi connectivity index (χ1n) is 12.8. The monoisotopic (exact) mass is 535 g/mol. The molecule has 1 amide bonds. The molecule has 0 radical (unpaired) electrons. The first-order chi connectivity index (χ1) is 19.4. The third-order valence-corrected chi connectivity index (χ3v) is 6.74. The quantitative estimate of drug-likeness (QED) is 0.307.